The van der Waals surface area contributed by atoms with Crippen LogP contribution in [0, 0.1) is 5.92 Å². The van der Waals surface area contributed by atoms with Gasteiger partial charge in [0.15, 0.2) is 0 Å². The predicted molar refractivity (Wildman–Crippen MR) is 104 cm³/mol. The first-order valence-electron chi connectivity index (χ1n) is 10.1. The van der Waals surface area contributed by atoms with Crippen LogP contribution in [0.25, 0.3) is 0 Å². The van der Waals surface area contributed by atoms with Gasteiger partial charge in [0.05, 0.1) is 12.1 Å². The van der Waals surface area contributed by atoms with Gasteiger partial charge in [-0.3, -0.25) is 4.79 Å². The molecule has 6 heteroatoms. The van der Waals surface area contributed by atoms with Gasteiger partial charge in [0.25, 0.3) is 0 Å². The molecular formula is C21H31N3O3. The van der Waals surface area contributed by atoms with Crippen molar-refractivity contribution in [3.63, 3.8) is 0 Å². The number of hydrogen-bond acceptors (Lipinski definition) is 3. The zero-order valence-electron chi connectivity index (χ0n) is 16.2. The van der Waals surface area contributed by atoms with Crippen LogP contribution >= 0.6 is 0 Å². The molecule has 2 aliphatic rings. The van der Waals surface area contributed by atoms with Crippen molar-refractivity contribution >= 4 is 11.9 Å². The molecule has 3 amide bonds. The highest BCUT2D eigenvalue weighted by atomic mass is 16.5. The first kappa shape index (κ1) is 19.7. The molecule has 3 atom stereocenters. The predicted octanol–water partition coefficient (Wildman–Crippen LogP) is 2.68. The average molecular weight is 373 g/mol. The Morgan fingerprint density at radius 2 is 1.85 bits per heavy atom. The third-order valence-corrected chi connectivity index (χ3v) is 5.72. The van der Waals surface area contributed by atoms with E-state index >= 15 is 0 Å². The zero-order valence-corrected chi connectivity index (χ0v) is 16.2. The molecule has 1 saturated heterocycles. The number of piperidine rings is 1. The number of nitrogens with one attached hydrogen (secondary N) is 2. The van der Waals surface area contributed by atoms with E-state index in [4.69, 9.17) is 4.74 Å². The van der Waals surface area contributed by atoms with Crippen LogP contribution in [-0.2, 0) is 16.1 Å². The number of benzene rings is 1. The van der Waals surface area contributed by atoms with Crippen LogP contribution in [0.1, 0.15) is 44.1 Å². The van der Waals surface area contributed by atoms with Gasteiger partial charge >= 0.3 is 6.03 Å². The molecule has 27 heavy (non-hydrogen) atoms. The number of carbonyl (C=O) groups is 2. The molecule has 0 bridgehead atoms. The minimum Gasteiger partial charge on any atom is -0.379 e. The van der Waals surface area contributed by atoms with Gasteiger partial charge in [0.2, 0.25) is 5.91 Å². The van der Waals surface area contributed by atoms with Crippen molar-refractivity contribution in [2.75, 3.05) is 20.2 Å². The Hall–Kier alpha value is -2.08. The van der Waals surface area contributed by atoms with E-state index in [0.717, 1.165) is 44.3 Å². The number of hydrogen-bond donors (Lipinski definition) is 2. The van der Waals surface area contributed by atoms with E-state index < -0.39 is 0 Å². The first-order valence-corrected chi connectivity index (χ1v) is 10.1. The third-order valence-electron chi connectivity index (χ3n) is 5.72. The van der Waals surface area contributed by atoms with Crippen molar-refractivity contribution in [3.05, 3.63) is 35.9 Å². The molecule has 148 valence electrons. The molecule has 1 saturated carbocycles. The average Bonchev–Trinajstić information content (AvgIpc) is 2.73. The summed E-state index contributed by atoms with van der Waals surface area (Å²) in [4.78, 5) is 27.2. The second-order valence-corrected chi connectivity index (χ2v) is 7.59. The quantitative estimate of drug-likeness (QED) is 0.834. The number of ether oxygens (including phenoxy) is 1. The summed E-state index contributed by atoms with van der Waals surface area (Å²) in [7, 11) is 1.67. The van der Waals surface area contributed by atoms with Crippen molar-refractivity contribution < 1.29 is 14.3 Å². The van der Waals surface area contributed by atoms with Gasteiger partial charge in [-0.15, -0.1) is 0 Å². The number of likely N-dealkylation sites (tertiary alicyclic amines) is 1. The lowest BCUT2D eigenvalue weighted by Gasteiger charge is -2.38. The Kier molecular flexibility index (Phi) is 7.10. The maximum atomic E-state index is 12.8. The van der Waals surface area contributed by atoms with E-state index in [0.29, 0.717) is 13.0 Å². The minimum atomic E-state index is -0.211. The summed E-state index contributed by atoms with van der Waals surface area (Å²) in [5, 5.41) is 5.93. The molecular weight excluding hydrogens is 342 g/mol. The molecule has 6 nitrogen and oxygen atoms in total. The molecule has 2 N–H and O–H groups in total. The van der Waals surface area contributed by atoms with Crippen molar-refractivity contribution in [2.45, 2.75) is 57.2 Å². The summed E-state index contributed by atoms with van der Waals surface area (Å²) in [5.74, 6) is 0.231. The van der Waals surface area contributed by atoms with Crippen LogP contribution in [0.4, 0.5) is 4.79 Å². The Labute approximate surface area is 161 Å². The van der Waals surface area contributed by atoms with E-state index in [-0.39, 0.29) is 30.0 Å². The van der Waals surface area contributed by atoms with Crippen molar-refractivity contribution in [3.8, 4) is 0 Å². The number of amides is 3. The molecule has 0 radical (unpaired) electrons. The molecule has 1 aromatic carbocycles. The van der Waals surface area contributed by atoms with E-state index in [2.05, 4.69) is 10.6 Å². The molecule has 1 aliphatic heterocycles. The van der Waals surface area contributed by atoms with Crippen molar-refractivity contribution in [1.29, 1.82) is 0 Å². The van der Waals surface area contributed by atoms with Crippen LogP contribution in [0.3, 0.4) is 0 Å². The number of methoxy groups -OCH3 is 1. The summed E-state index contributed by atoms with van der Waals surface area (Å²) in [6, 6.07) is 9.46. The molecule has 3 rings (SSSR count). The standard InChI is InChI=1S/C21H31N3O3/c1-27-19-11-10-17(20(25)24-12-6-3-7-13-24)14-18(19)23-21(26)22-15-16-8-4-2-5-9-16/h2,4-5,8-9,17-19H,3,6-7,10-15H2,1H3,(H2,22,23,26)/t17-,18+,19+/m0/s1. The summed E-state index contributed by atoms with van der Waals surface area (Å²) < 4.78 is 5.57. The normalized spacial score (nSPS) is 25.7. The van der Waals surface area contributed by atoms with E-state index in [1.807, 2.05) is 35.2 Å². The summed E-state index contributed by atoms with van der Waals surface area (Å²) in [5.41, 5.74) is 1.05. The van der Waals surface area contributed by atoms with Gasteiger partial charge in [-0.25, -0.2) is 4.79 Å². The fraction of sp³-hybridized carbons (Fsp3) is 0.619. The largest absolute Gasteiger partial charge is 0.379 e. The fourth-order valence-corrected chi connectivity index (χ4v) is 4.17. The third kappa shape index (κ3) is 5.45. The number of urea groups is 1. The van der Waals surface area contributed by atoms with Gasteiger partial charge in [-0.2, -0.15) is 0 Å². The van der Waals surface area contributed by atoms with Crippen molar-refractivity contribution in [1.82, 2.24) is 15.5 Å². The van der Waals surface area contributed by atoms with Crippen LogP contribution in [0.15, 0.2) is 30.3 Å². The summed E-state index contributed by atoms with van der Waals surface area (Å²) >= 11 is 0. The van der Waals surface area contributed by atoms with Gasteiger partial charge in [-0.1, -0.05) is 30.3 Å². The molecule has 1 aliphatic carbocycles. The molecule has 0 unspecified atom stereocenters. The minimum absolute atomic E-state index is 0.0195. The Morgan fingerprint density at radius 1 is 1.11 bits per heavy atom. The lowest BCUT2D eigenvalue weighted by molar-refractivity contribution is -0.138. The van der Waals surface area contributed by atoms with E-state index in [9.17, 15) is 9.59 Å². The highest BCUT2D eigenvalue weighted by Gasteiger charge is 2.36. The van der Waals surface area contributed by atoms with Crippen LogP contribution in [-0.4, -0.2) is 49.2 Å². The Bertz CT molecular complexity index is 616. The highest BCUT2D eigenvalue weighted by molar-refractivity contribution is 5.79. The highest BCUT2D eigenvalue weighted by Crippen LogP contribution is 2.29. The number of carbonyl (C=O) groups excluding carboxylic acids is 2. The molecule has 0 spiro atoms. The topological polar surface area (TPSA) is 70.7 Å². The lowest BCUT2D eigenvalue weighted by atomic mass is 9.82. The maximum absolute atomic E-state index is 12.8. The smallest absolute Gasteiger partial charge is 0.315 e. The fourth-order valence-electron chi connectivity index (χ4n) is 4.17. The van der Waals surface area contributed by atoms with Gasteiger partial charge in [-0.05, 0) is 44.1 Å². The Balaban J connectivity index is 1.53. The summed E-state index contributed by atoms with van der Waals surface area (Å²) in [6.07, 6.45) is 5.64. The Morgan fingerprint density at radius 3 is 2.56 bits per heavy atom. The van der Waals surface area contributed by atoms with Crippen LogP contribution < -0.4 is 10.6 Å². The van der Waals surface area contributed by atoms with Gasteiger partial charge < -0.3 is 20.3 Å². The SMILES string of the molecule is CO[C@@H]1CC[C@H](C(=O)N2CCCCC2)C[C@H]1NC(=O)NCc1ccccc1. The van der Waals surface area contributed by atoms with Crippen LogP contribution in [0.5, 0.6) is 0 Å². The second kappa shape index (κ2) is 9.74. The summed E-state index contributed by atoms with van der Waals surface area (Å²) in [6.45, 7) is 2.23. The number of nitrogens with zero attached hydrogens (tertiary/aromatic N) is 1. The monoisotopic (exact) mass is 373 g/mol. The van der Waals surface area contributed by atoms with E-state index in [1.165, 1.54) is 6.42 Å². The molecule has 0 aromatic heterocycles. The lowest BCUT2D eigenvalue weighted by Crippen LogP contribution is -2.53. The van der Waals surface area contributed by atoms with Crippen LogP contribution in [0.2, 0.25) is 0 Å². The zero-order chi connectivity index (χ0) is 19.1. The van der Waals surface area contributed by atoms with Gasteiger partial charge in [0.1, 0.15) is 0 Å². The maximum Gasteiger partial charge on any atom is 0.315 e. The van der Waals surface area contributed by atoms with Crippen molar-refractivity contribution in [2.24, 2.45) is 5.92 Å². The van der Waals surface area contributed by atoms with Gasteiger partial charge in [0, 0.05) is 32.7 Å². The van der Waals surface area contributed by atoms with E-state index in [1.54, 1.807) is 7.11 Å². The molecule has 1 heterocycles. The molecule has 1 aromatic rings. The first-order chi connectivity index (χ1) is 13.2. The molecule has 2 fully saturated rings. The second-order valence-electron chi connectivity index (χ2n) is 7.59. The number of rotatable bonds is 5.